The summed E-state index contributed by atoms with van der Waals surface area (Å²) in [5.41, 5.74) is 6.64. The summed E-state index contributed by atoms with van der Waals surface area (Å²) < 4.78 is 5.90. The van der Waals surface area contributed by atoms with E-state index in [1.165, 1.54) is 18.4 Å². The molecular weight excluding hydrogens is 338 g/mol. The number of nitrogens with two attached hydrogens (primary N) is 1. The molecule has 1 heterocycles. The summed E-state index contributed by atoms with van der Waals surface area (Å²) >= 11 is 10.5. The van der Waals surface area contributed by atoms with Gasteiger partial charge in [-0.15, -0.1) is 11.3 Å². The van der Waals surface area contributed by atoms with Gasteiger partial charge in [0, 0.05) is 0 Å². The highest BCUT2D eigenvalue weighted by atomic mass is 79.9. The van der Waals surface area contributed by atoms with Crippen molar-refractivity contribution in [2.24, 2.45) is 0 Å². The SMILES string of the molecule is COc1c(N)cccc1C(=O)c1cc(Cl)c(Br)s1. The van der Waals surface area contributed by atoms with Crippen LogP contribution in [0.5, 0.6) is 5.75 Å². The smallest absolute Gasteiger partial charge is 0.206 e. The van der Waals surface area contributed by atoms with Gasteiger partial charge in [0.2, 0.25) is 5.78 Å². The molecule has 0 aliphatic carbocycles. The maximum absolute atomic E-state index is 12.3. The third-order valence-corrected chi connectivity index (χ3v) is 4.84. The second-order valence-electron chi connectivity index (χ2n) is 3.49. The number of carbonyl (C=O) groups excluding carboxylic acids is 1. The standard InChI is InChI=1S/C12H9BrClNO2S/c1-17-11-6(3-2-4-8(11)15)10(16)9-5-7(14)12(13)18-9/h2-5H,15H2,1H3. The molecule has 94 valence electrons. The van der Waals surface area contributed by atoms with Gasteiger partial charge in [-0.2, -0.15) is 0 Å². The van der Waals surface area contributed by atoms with Crippen LogP contribution in [-0.4, -0.2) is 12.9 Å². The third-order valence-electron chi connectivity index (χ3n) is 2.36. The van der Waals surface area contributed by atoms with Crippen molar-refractivity contribution < 1.29 is 9.53 Å². The Labute approximate surface area is 122 Å². The number of anilines is 1. The molecule has 3 nitrogen and oxygen atoms in total. The number of nitrogen functional groups attached to an aromatic ring is 1. The number of hydrogen-bond donors (Lipinski definition) is 1. The fraction of sp³-hybridized carbons (Fsp3) is 0.0833. The van der Waals surface area contributed by atoms with Crippen LogP contribution in [0.4, 0.5) is 5.69 Å². The summed E-state index contributed by atoms with van der Waals surface area (Å²) in [6.45, 7) is 0. The van der Waals surface area contributed by atoms with Crippen molar-refractivity contribution in [3.63, 3.8) is 0 Å². The highest BCUT2D eigenvalue weighted by Gasteiger charge is 2.19. The molecule has 0 saturated heterocycles. The van der Waals surface area contributed by atoms with Crippen molar-refractivity contribution in [2.75, 3.05) is 12.8 Å². The Morgan fingerprint density at radius 2 is 2.22 bits per heavy atom. The van der Waals surface area contributed by atoms with E-state index in [1.807, 2.05) is 0 Å². The number of ketones is 1. The number of ether oxygens (including phenoxy) is 1. The summed E-state index contributed by atoms with van der Waals surface area (Å²) in [6.07, 6.45) is 0. The van der Waals surface area contributed by atoms with Crippen LogP contribution in [0, 0.1) is 0 Å². The van der Waals surface area contributed by atoms with Crippen LogP contribution in [-0.2, 0) is 0 Å². The first-order valence-electron chi connectivity index (χ1n) is 4.96. The predicted octanol–water partition coefficient (Wildman–Crippen LogP) is 3.99. The lowest BCUT2D eigenvalue weighted by Crippen LogP contribution is -2.04. The summed E-state index contributed by atoms with van der Waals surface area (Å²) in [6, 6.07) is 6.71. The highest BCUT2D eigenvalue weighted by molar-refractivity contribution is 9.11. The Kier molecular flexibility index (Phi) is 3.94. The Bertz CT molecular complexity index is 593. The maximum atomic E-state index is 12.3. The Morgan fingerprint density at radius 1 is 1.50 bits per heavy atom. The Balaban J connectivity index is 2.49. The van der Waals surface area contributed by atoms with Gasteiger partial charge in [0.25, 0.3) is 0 Å². The predicted molar refractivity (Wildman–Crippen MR) is 77.9 cm³/mol. The molecule has 0 aliphatic rings. The first-order chi connectivity index (χ1) is 8.54. The first kappa shape index (κ1) is 13.4. The topological polar surface area (TPSA) is 52.3 Å². The zero-order valence-corrected chi connectivity index (χ0v) is 12.5. The minimum atomic E-state index is -0.156. The van der Waals surface area contributed by atoms with Crippen molar-refractivity contribution in [1.82, 2.24) is 0 Å². The van der Waals surface area contributed by atoms with E-state index in [9.17, 15) is 4.79 Å². The molecule has 2 aromatic rings. The molecule has 0 unspecified atom stereocenters. The largest absolute Gasteiger partial charge is 0.494 e. The van der Waals surface area contributed by atoms with E-state index < -0.39 is 0 Å². The van der Waals surface area contributed by atoms with Crippen molar-refractivity contribution in [2.45, 2.75) is 0 Å². The highest BCUT2D eigenvalue weighted by Crippen LogP contribution is 2.35. The van der Waals surface area contributed by atoms with Crippen LogP contribution < -0.4 is 10.5 Å². The molecule has 18 heavy (non-hydrogen) atoms. The molecule has 0 atom stereocenters. The van der Waals surface area contributed by atoms with E-state index >= 15 is 0 Å². The lowest BCUT2D eigenvalue weighted by Gasteiger charge is -2.08. The monoisotopic (exact) mass is 345 g/mol. The lowest BCUT2D eigenvalue weighted by molar-refractivity contribution is 0.103. The Morgan fingerprint density at radius 3 is 2.78 bits per heavy atom. The number of halogens is 2. The van der Waals surface area contributed by atoms with Gasteiger partial charge in [0.15, 0.2) is 5.75 Å². The summed E-state index contributed by atoms with van der Waals surface area (Å²) in [5, 5.41) is 0.520. The number of thiophene rings is 1. The molecule has 1 aromatic heterocycles. The molecule has 0 fully saturated rings. The number of benzene rings is 1. The van der Waals surface area contributed by atoms with E-state index in [0.29, 0.717) is 26.9 Å². The molecule has 0 bridgehead atoms. The molecule has 6 heteroatoms. The molecule has 0 saturated carbocycles. The second kappa shape index (κ2) is 5.30. The van der Waals surface area contributed by atoms with E-state index in [-0.39, 0.29) is 5.78 Å². The van der Waals surface area contributed by atoms with Gasteiger partial charge in [-0.05, 0) is 34.1 Å². The molecular formula is C12H9BrClNO2S. The van der Waals surface area contributed by atoms with Crippen LogP contribution in [0.2, 0.25) is 5.02 Å². The normalized spacial score (nSPS) is 10.4. The second-order valence-corrected chi connectivity index (χ2v) is 6.27. The number of methoxy groups -OCH3 is 1. The minimum Gasteiger partial charge on any atom is -0.494 e. The van der Waals surface area contributed by atoms with Gasteiger partial charge in [-0.1, -0.05) is 17.7 Å². The van der Waals surface area contributed by atoms with Crippen LogP contribution >= 0.6 is 38.9 Å². The number of hydrogen-bond acceptors (Lipinski definition) is 4. The lowest BCUT2D eigenvalue weighted by atomic mass is 10.1. The van der Waals surface area contributed by atoms with Crippen LogP contribution in [0.15, 0.2) is 28.1 Å². The average Bonchev–Trinajstić information content (AvgIpc) is 2.68. The minimum absolute atomic E-state index is 0.156. The van der Waals surface area contributed by atoms with Gasteiger partial charge in [-0.3, -0.25) is 4.79 Å². The zero-order chi connectivity index (χ0) is 13.3. The van der Waals surface area contributed by atoms with Crippen LogP contribution in [0.3, 0.4) is 0 Å². The fourth-order valence-electron chi connectivity index (χ4n) is 1.55. The summed E-state index contributed by atoms with van der Waals surface area (Å²) in [7, 11) is 1.49. The Hall–Kier alpha value is -1.04. The van der Waals surface area contributed by atoms with E-state index in [1.54, 1.807) is 24.3 Å². The van der Waals surface area contributed by atoms with Gasteiger partial charge in [-0.25, -0.2) is 0 Å². The number of carbonyl (C=O) groups is 1. The third kappa shape index (κ3) is 2.39. The molecule has 0 aliphatic heterocycles. The summed E-state index contributed by atoms with van der Waals surface area (Å²) in [5.74, 6) is 0.236. The fourth-order valence-corrected chi connectivity index (χ4v) is 3.21. The molecule has 0 radical (unpaired) electrons. The average molecular weight is 347 g/mol. The number of para-hydroxylation sites is 1. The molecule has 0 spiro atoms. The molecule has 0 amide bonds. The molecule has 1 aromatic carbocycles. The van der Waals surface area contributed by atoms with Gasteiger partial charge in [0.1, 0.15) is 0 Å². The van der Waals surface area contributed by atoms with E-state index in [2.05, 4.69) is 15.9 Å². The van der Waals surface area contributed by atoms with E-state index in [4.69, 9.17) is 22.1 Å². The zero-order valence-electron chi connectivity index (χ0n) is 9.37. The molecule has 2 N–H and O–H groups in total. The quantitative estimate of drug-likeness (QED) is 0.675. The van der Waals surface area contributed by atoms with Gasteiger partial charge in [0.05, 0.1) is 32.0 Å². The van der Waals surface area contributed by atoms with Crippen LogP contribution in [0.1, 0.15) is 15.2 Å². The van der Waals surface area contributed by atoms with E-state index in [0.717, 1.165) is 3.79 Å². The van der Waals surface area contributed by atoms with Crippen molar-refractivity contribution in [1.29, 1.82) is 0 Å². The first-order valence-corrected chi connectivity index (χ1v) is 6.95. The van der Waals surface area contributed by atoms with Crippen molar-refractivity contribution >= 4 is 50.3 Å². The van der Waals surface area contributed by atoms with Crippen molar-refractivity contribution in [3.05, 3.63) is 43.5 Å². The van der Waals surface area contributed by atoms with Gasteiger partial charge >= 0.3 is 0 Å². The maximum Gasteiger partial charge on any atom is 0.206 e. The summed E-state index contributed by atoms with van der Waals surface area (Å²) in [4.78, 5) is 12.9. The van der Waals surface area contributed by atoms with Gasteiger partial charge < -0.3 is 10.5 Å². The van der Waals surface area contributed by atoms with Crippen LogP contribution in [0.25, 0.3) is 0 Å². The van der Waals surface area contributed by atoms with Crippen molar-refractivity contribution in [3.8, 4) is 5.75 Å². The number of rotatable bonds is 3. The molecule has 2 rings (SSSR count).